The second kappa shape index (κ2) is 9.78. The molecule has 0 aliphatic heterocycles. The summed E-state index contributed by atoms with van der Waals surface area (Å²) in [7, 11) is 0. The number of halogens is 3. The third kappa shape index (κ3) is 5.45. The molecule has 0 aromatic heterocycles. The minimum atomic E-state index is -3.44. The Bertz CT molecular complexity index is 1010. The standard InChI is InChI=1S/C29H35ClF2O/c1-18-5-8-22(9-6-18)23-10-12-24(13-11-23)25-15-20(3)28(21(4)16-25)29(31,32)33-26-14-7-19(2)27(30)17-26/h7,12,14-18,22-23H,5-6,8-11,13H2,1-4H3. The first-order chi connectivity index (χ1) is 15.6. The van der Waals surface area contributed by atoms with E-state index in [-0.39, 0.29) is 11.3 Å². The van der Waals surface area contributed by atoms with E-state index in [1.54, 1.807) is 19.9 Å². The van der Waals surface area contributed by atoms with Crippen molar-refractivity contribution in [3.63, 3.8) is 0 Å². The Morgan fingerprint density at radius 3 is 2.12 bits per heavy atom. The fraction of sp³-hybridized carbons (Fsp3) is 0.517. The van der Waals surface area contributed by atoms with Crippen LogP contribution in [0.4, 0.5) is 8.78 Å². The van der Waals surface area contributed by atoms with Crippen LogP contribution in [0.3, 0.4) is 0 Å². The number of ether oxygens (including phenoxy) is 1. The van der Waals surface area contributed by atoms with Crippen LogP contribution in [0.15, 0.2) is 36.4 Å². The first-order valence-corrected chi connectivity index (χ1v) is 12.7. The number of hydrogen-bond acceptors (Lipinski definition) is 1. The Labute approximate surface area is 202 Å². The molecule has 178 valence electrons. The van der Waals surface area contributed by atoms with Crippen molar-refractivity contribution in [3.05, 3.63) is 69.2 Å². The van der Waals surface area contributed by atoms with E-state index in [9.17, 15) is 0 Å². The van der Waals surface area contributed by atoms with Crippen molar-refractivity contribution in [2.24, 2.45) is 17.8 Å². The number of rotatable bonds is 5. The topological polar surface area (TPSA) is 9.23 Å². The van der Waals surface area contributed by atoms with E-state index in [0.29, 0.717) is 16.1 Å². The van der Waals surface area contributed by atoms with Crippen LogP contribution in [0, 0.1) is 38.5 Å². The highest BCUT2D eigenvalue weighted by atomic mass is 35.5. The van der Waals surface area contributed by atoms with Gasteiger partial charge in [-0.3, -0.25) is 0 Å². The predicted octanol–water partition coefficient (Wildman–Crippen LogP) is 9.40. The van der Waals surface area contributed by atoms with E-state index in [4.69, 9.17) is 16.3 Å². The van der Waals surface area contributed by atoms with Crippen molar-refractivity contribution >= 4 is 17.2 Å². The number of benzene rings is 2. The molecule has 0 radical (unpaired) electrons. The zero-order valence-corrected chi connectivity index (χ0v) is 20.9. The van der Waals surface area contributed by atoms with E-state index in [1.807, 2.05) is 19.1 Å². The minimum absolute atomic E-state index is 0.0615. The Morgan fingerprint density at radius 1 is 0.879 bits per heavy atom. The molecule has 33 heavy (non-hydrogen) atoms. The zero-order chi connectivity index (χ0) is 23.8. The second-order valence-electron chi connectivity index (χ2n) is 10.3. The molecule has 1 saturated carbocycles. The molecule has 0 spiro atoms. The maximum absolute atomic E-state index is 15.2. The van der Waals surface area contributed by atoms with Crippen molar-refractivity contribution in [2.75, 3.05) is 0 Å². The molecule has 1 unspecified atom stereocenters. The molecular formula is C29H35ClF2O. The molecule has 0 saturated heterocycles. The maximum atomic E-state index is 15.2. The molecule has 1 fully saturated rings. The highest BCUT2D eigenvalue weighted by Gasteiger charge is 2.38. The van der Waals surface area contributed by atoms with E-state index in [2.05, 4.69) is 13.0 Å². The monoisotopic (exact) mass is 472 g/mol. The van der Waals surface area contributed by atoms with Crippen molar-refractivity contribution in [2.45, 2.75) is 78.7 Å². The maximum Gasteiger partial charge on any atom is 0.427 e. The molecule has 0 bridgehead atoms. The number of hydrogen-bond donors (Lipinski definition) is 0. The Hall–Kier alpha value is -1.87. The van der Waals surface area contributed by atoms with Gasteiger partial charge in [0, 0.05) is 5.02 Å². The summed E-state index contributed by atoms with van der Waals surface area (Å²) in [5.41, 5.74) is 4.23. The van der Waals surface area contributed by atoms with Gasteiger partial charge in [0.05, 0.1) is 5.56 Å². The fourth-order valence-electron chi connectivity index (χ4n) is 5.75. The Balaban J connectivity index is 1.50. The normalized spacial score (nSPS) is 23.8. The third-order valence-corrected chi connectivity index (χ3v) is 8.17. The van der Waals surface area contributed by atoms with Crippen molar-refractivity contribution in [3.8, 4) is 5.75 Å². The first kappa shape index (κ1) is 24.3. The van der Waals surface area contributed by atoms with E-state index >= 15 is 8.78 Å². The average molecular weight is 473 g/mol. The van der Waals surface area contributed by atoms with Gasteiger partial charge in [0.2, 0.25) is 0 Å². The largest absolute Gasteiger partial charge is 0.429 e. The lowest BCUT2D eigenvalue weighted by Crippen LogP contribution is -2.25. The average Bonchev–Trinajstić information content (AvgIpc) is 2.76. The number of alkyl halides is 2. The zero-order valence-electron chi connectivity index (χ0n) is 20.2. The van der Waals surface area contributed by atoms with Gasteiger partial charge in [0.25, 0.3) is 0 Å². The molecule has 2 aliphatic carbocycles. The fourth-order valence-corrected chi connectivity index (χ4v) is 5.92. The molecule has 2 aromatic rings. The summed E-state index contributed by atoms with van der Waals surface area (Å²) in [5.74, 6) is 2.58. The van der Waals surface area contributed by atoms with Crippen LogP contribution >= 0.6 is 11.6 Å². The predicted molar refractivity (Wildman–Crippen MR) is 133 cm³/mol. The molecule has 1 nitrogen and oxygen atoms in total. The van der Waals surface area contributed by atoms with Gasteiger partial charge in [-0.2, -0.15) is 8.78 Å². The molecule has 1 atom stereocenters. The van der Waals surface area contributed by atoms with Crippen molar-refractivity contribution < 1.29 is 13.5 Å². The molecule has 4 rings (SSSR count). The van der Waals surface area contributed by atoms with Gasteiger partial charge < -0.3 is 4.74 Å². The minimum Gasteiger partial charge on any atom is -0.429 e. The number of allylic oxidation sites excluding steroid dienone is 2. The summed E-state index contributed by atoms with van der Waals surface area (Å²) in [4.78, 5) is 0. The molecule has 0 amide bonds. The van der Waals surface area contributed by atoms with Gasteiger partial charge in [-0.25, -0.2) is 0 Å². The van der Waals surface area contributed by atoms with Crippen LogP contribution < -0.4 is 4.74 Å². The van der Waals surface area contributed by atoms with Crippen LogP contribution in [0.1, 0.15) is 79.7 Å². The Kier molecular flexibility index (Phi) is 7.19. The quantitative estimate of drug-likeness (QED) is 0.421. The van der Waals surface area contributed by atoms with E-state index in [0.717, 1.165) is 41.7 Å². The lowest BCUT2D eigenvalue weighted by atomic mass is 9.71. The highest BCUT2D eigenvalue weighted by molar-refractivity contribution is 6.31. The highest BCUT2D eigenvalue weighted by Crippen LogP contribution is 2.43. The summed E-state index contributed by atoms with van der Waals surface area (Å²) < 4.78 is 35.5. The van der Waals surface area contributed by atoms with E-state index in [1.165, 1.54) is 49.8 Å². The van der Waals surface area contributed by atoms with Gasteiger partial charge in [-0.15, -0.1) is 0 Å². The SMILES string of the molecule is Cc1ccc(OC(F)(F)c2c(C)cc(C3=CCC(C4CCC(C)CC4)CC3)cc2C)cc1Cl. The molecule has 2 aliphatic rings. The smallest absolute Gasteiger partial charge is 0.427 e. The second-order valence-corrected chi connectivity index (χ2v) is 10.7. The molecule has 0 heterocycles. The first-order valence-electron chi connectivity index (χ1n) is 12.3. The van der Waals surface area contributed by atoms with Crippen LogP contribution in [0.5, 0.6) is 5.75 Å². The summed E-state index contributed by atoms with van der Waals surface area (Å²) >= 11 is 6.09. The van der Waals surface area contributed by atoms with Crippen molar-refractivity contribution in [1.29, 1.82) is 0 Å². The lowest BCUT2D eigenvalue weighted by Gasteiger charge is -2.34. The van der Waals surface area contributed by atoms with Gasteiger partial charge in [-0.1, -0.05) is 55.6 Å². The van der Waals surface area contributed by atoms with Gasteiger partial charge >= 0.3 is 6.11 Å². The summed E-state index contributed by atoms with van der Waals surface area (Å²) in [6, 6.07) is 8.46. The van der Waals surface area contributed by atoms with Gasteiger partial charge in [0.1, 0.15) is 5.75 Å². The van der Waals surface area contributed by atoms with E-state index < -0.39 is 6.11 Å². The molecule has 0 N–H and O–H groups in total. The van der Waals surface area contributed by atoms with Crippen LogP contribution in [0.25, 0.3) is 5.57 Å². The molecule has 2 aromatic carbocycles. The Morgan fingerprint density at radius 2 is 1.55 bits per heavy atom. The van der Waals surface area contributed by atoms with Gasteiger partial charge in [0.15, 0.2) is 0 Å². The summed E-state index contributed by atoms with van der Waals surface area (Å²) in [6.45, 7) is 7.70. The molecular weight excluding hydrogens is 438 g/mol. The molecule has 4 heteroatoms. The van der Waals surface area contributed by atoms with Crippen LogP contribution in [-0.2, 0) is 6.11 Å². The van der Waals surface area contributed by atoms with Crippen molar-refractivity contribution in [1.82, 2.24) is 0 Å². The third-order valence-electron chi connectivity index (χ3n) is 7.76. The van der Waals surface area contributed by atoms with Crippen LogP contribution in [0.2, 0.25) is 5.02 Å². The summed E-state index contributed by atoms with van der Waals surface area (Å²) in [5, 5.41) is 0.414. The van der Waals surface area contributed by atoms with Crippen LogP contribution in [-0.4, -0.2) is 0 Å². The van der Waals surface area contributed by atoms with Gasteiger partial charge in [-0.05, 0) is 111 Å². The summed E-state index contributed by atoms with van der Waals surface area (Å²) in [6.07, 6.45) is 7.74. The number of aryl methyl sites for hydroxylation is 3. The lowest BCUT2D eigenvalue weighted by molar-refractivity contribution is -0.186.